The molecule has 2 N–H and O–H groups in total. The molecule has 0 heterocycles. The van der Waals surface area contributed by atoms with Crippen molar-refractivity contribution in [2.24, 2.45) is 5.90 Å². The van der Waals surface area contributed by atoms with Gasteiger partial charge in [0.1, 0.15) is 0 Å². The molecule has 0 rings (SSSR count). The highest BCUT2D eigenvalue weighted by Gasteiger charge is 2.12. The number of ether oxygens (including phenoxy) is 2. The maximum absolute atomic E-state index is 10.7. The second-order valence-electron chi connectivity index (χ2n) is 2.58. The molecule has 0 bridgehead atoms. The van der Waals surface area contributed by atoms with E-state index in [1.165, 1.54) is 0 Å². The van der Waals surface area contributed by atoms with Crippen molar-refractivity contribution in [2.75, 3.05) is 19.2 Å². The SMILES string of the molecule is C=CCOCC(C)OCS(=O)(=O)ON. The minimum absolute atomic E-state index is 0.284. The third-order valence-corrected chi connectivity index (χ3v) is 1.95. The van der Waals surface area contributed by atoms with E-state index < -0.39 is 16.1 Å². The summed E-state index contributed by atoms with van der Waals surface area (Å²) in [5.74, 6) is 3.92. The third-order valence-electron chi connectivity index (χ3n) is 1.23. The van der Waals surface area contributed by atoms with Crippen LogP contribution in [0.5, 0.6) is 0 Å². The van der Waals surface area contributed by atoms with Crippen molar-refractivity contribution >= 4 is 10.1 Å². The minimum atomic E-state index is -3.77. The Morgan fingerprint density at radius 1 is 1.57 bits per heavy atom. The number of rotatable bonds is 8. The first-order chi connectivity index (χ1) is 6.52. The van der Waals surface area contributed by atoms with Gasteiger partial charge in [-0.2, -0.15) is 18.6 Å². The Labute approximate surface area is 83.7 Å². The van der Waals surface area contributed by atoms with E-state index >= 15 is 0 Å². The van der Waals surface area contributed by atoms with Gasteiger partial charge in [0.2, 0.25) is 0 Å². The Hall–Kier alpha value is -0.470. The van der Waals surface area contributed by atoms with E-state index in [2.05, 4.69) is 16.8 Å². The van der Waals surface area contributed by atoms with Crippen LogP contribution in [0.4, 0.5) is 0 Å². The molecule has 0 spiro atoms. The molecule has 0 saturated carbocycles. The second-order valence-corrected chi connectivity index (χ2v) is 4.12. The average molecular weight is 225 g/mol. The van der Waals surface area contributed by atoms with E-state index in [1.807, 2.05) is 0 Å². The fraction of sp³-hybridized carbons (Fsp3) is 0.714. The topological polar surface area (TPSA) is 87.8 Å². The van der Waals surface area contributed by atoms with Gasteiger partial charge in [-0.25, -0.2) is 0 Å². The molecule has 84 valence electrons. The first-order valence-corrected chi connectivity index (χ1v) is 5.51. The molecule has 0 aliphatic heterocycles. The fourth-order valence-corrected chi connectivity index (χ4v) is 1.05. The molecule has 0 saturated heterocycles. The lowest BCUT2D eigenvalue weighted by molar-refractivity contribution is 0.0171. The molecule has 0 fully saturated rings. The Morgan fingerprint density at radius 3 is 2.71 bits per heavy atom. The second kappa shape index (κ2) is 6.91. The fourth-order valence-electron chi connectivity index (χ4n) is 0.593. The summed E-state index contributed by atoms with van der Waals surface area (Å²) in [6.45, 7) is 5.81. The van der Waals surface area contributed by atoms with Crippen molar-refractivity contribution < 1.29 is 22.2 Å². The lowest BCUT2D eigenvalue weighted by Crippen LogP contribution is -2.23. The number of hydrogen-bond acceptors (Lipinski definition) is 6. The highest BCUT2D eigenvalue weighted by molar-refractivity contribution is 7.86. The van der Waals surface area contributed by atoms with Crippen molar-refractivity contribution in [3.63, 3.8) is 0 Å². The molecule has 0 aliphatic rings. The molecular weight excluding hydrogens is 210 g/mol. The Balaban J connectivity index is 3.63. The summed E-state index contributed by atoms with van der Waals surface area (Å²) in [6, 6.07) is 0. The van der Waals surface area contributed by atoms with E-state index in [4.69, 9.17) is 9.47 Å². The van der Waals surface area contributed by atoms with Crippen LogP contribution in [-0.4, -0.2) is 33.7 Å². The van der Waals surface area contributed by atoms with Crippen LogP contribution < -0.4 is 5.90 Å². The summed E-state index contributed by atoms with van der Waals surface area (Å²) in [7, 11) is -3.77. The predicted octanol–water partition coefficient (Wildman–Crippen LogP) is -0.228. The van der Waals surface area contributed by atoms with Crippen LogP contribution in [0.1, 0.15) is 6.92 Å². The average Bonchev–Trinajstić information content (AvgIpc) is 2.16. The van der Waals surface area contributed by atoms with Gasteiger partial charge < -0.3 is 9.47 Å². The zero-order valence-corrected chi connectivity index (χ0v) is 8.83. The van der Waals surface area contributed by atoms with Crippen LogP contribution in [0.25, 0.3) is 0 Å². The van der Waals surface area contributed by atoms with Gasteiger partial charge in [0.05, 0.1) is 19.3 Å². The van der Waals surface area contributed by atoms with Crippen molar-refractivity contribution in [1.82, 2.24) is 0 Å². The number of nitrogens with two attached hydrogens (primary N) is 1. The molecule has 0 radical (unpaired) electrons. The number of hydrogen-bond donors (Lipinski definition) is 1. The quantitative estimate of drug-likeness (QED) is 0.349. The van der Waals surface area contributed by atoms with Crippen molar-refractivity contribution in [2.45, 2.75) is 13.0 Å². The predicted molar refractivity (Wildman–Crippen MR) is 50.6 cm³/mol. The molecular formula is C7H15NO5S. The highest BCUT2D eigenvalue weighted by Crippen LogP contribution is 1.96. The molecule has 0 aromatic heterocycles. The van der Waals surface area contributed by atoms with Gasteiger partial charge in [0.15, 0.2) is 5.94 Å². The Bertz CT molecular complexity index is 251. The molecule has 0 aliphatic carbocycles. The zero-order valence-electron chi connectivity index (χ0n) is 8.01. The third kappa shape index (κ3) is 6.98. The summed E-state index contributed by atoms with van der Waals surface area (Å²) in [4.78, 5) is 0. The molecule has 0 aromatic carbocycles. The monoisotopic (exact) mass is 225 g/mol. The highest BCUT2D eigenvalue weighted by atomic mass is 32.2. The van der Waals surface area contributed by atoms with E-state index in [0.717, 1.165) is 0 Å². The molecule has 1 unspecified atom stereocenters. The first kappa shape index (κ1) is 13.5. The molecule has 0 amide bonds. The largest absolute Gasteiger partial charge is 0.375 e. The molecule has 0 aromatic rings. The summed E-state index contributed by atoms with van der Waals surface area (Å²) < 4.78 is 35.0. The van der Waals surface area contributed by atoms with Crippen molar-refractivity contribution in [3.8, 4) is 0 Å². The summed E-state index contributed by atoms with van der Waals surface area (Å²) in [5.41, 5.74) is 0. The zero-order chi connectivity index (χ0) is 11.0. The maximum atomic E-state index is 10.7. The van der Waals surface area contributed by atoms with E-state index in [9.17, 15) is 8.42 Å². The molecule has 6 nitrogen and oxygen atoms in total. The molecule has 1 atom stereocenters. The Kier molecular flexibility index (Phi) is 6.67. The van der Waals surface area contributed by atoms with Crippen LogP contribution in [0, 0.1) is 0 Å². The summed E-state index contributed by atoms with van der Waals surface area (Å²) in [6.07, 6.45) is 1.24. The van der Waals surface area contributed by atoms with Crippen LogP contribution in [0.15, 0.2) is 12.7 Å². The van der Waals surface area contributed by atoms with Gasteiger partial charge in [-0.05, 0) is 6.92 Å². The molecule has 7 heteroatoms. The van der Waals surface area contributed by atoms with Crippen LogP contribution in [0.3, 0.4) is 0 Å². The van der Waals surface area contributed by atoms with E-state index in [-0.39, 0.29) is 12.7 Å². The summed E-state index contributed by atoms with van der Waals surface area (Å²) in [5, 5.41) is 0. The first-order valence-electron chi connectivity index (χ1n) is 3.93. The minimum Gasteiger partial charge on any atom is -0.375 e. The van der Waals surface area contributed by atoms with Crippen LogP contribution >= 0.6 is 0 Å². The van der Waals surface area contributed by atoms with E-state index in [1.54, 1.807) is 13.0 Å². The lowest BCUT2D eigenvalue weighted by atomic mass is 10.4. The van der Waals surface area contributed by atoms with Gasteiger partial charge in [0, 0.05) is 0 Å². The van der Waals surface area contributed by atoms with Gasteiger partial charge in [0.25, 0.3) is 0 Å². The normalized spacial score (nSPS) is 13.9. The van der Waals surface area contributed by atoms with E-state index in [0.29, 0.717) is 6.61 Å². The van der Waals surface area contributed by atoms with Crippen LogP contribution in [-0.2, 0) is 23.9 Å². The smallest absolute Gasteiger partial charge is 0.307 e. The summed E-state index contributed by atoms with van der Waals surface area (Å²) >= 11 is 0. The van der Waals surface area contributed by atoms with Gasteiger partial charge >= 0.3 is 10.1 Å². The van der Waals surface area contributed by atoms with Crippen molar-refractivity contribution in [3.05, 3.63) is 12.7 Å². The van der Waals surface area contributed by atoms with Gasteiger partial charge in [-0.1, -0.05) is 6.08 Å². The standard InChI is InChI=1S/C7H15NO5S/c1-3-4-11-5-7(2)12-6-14(9,10)13-8/h3,7H,1,4-6,8H2,2H3. The van der Waals surface area contributed by atoms with Gasteiger partial charge in [-0.3, -0.25) is 0 Å². The van der Waals surface area contributed by atoms with Crippen LogP contribution in [0.2, 0.25) is 0 Å². The lowest BCUT2D eigenvalue weighted by Gasteiger charge is -2.11. The maximum Gasteiger partial charge on any atom is 0.307 e. The Morgan fingerprint density at radius 2 is 2.21 bits per heavy atom. The molecule has 14 heavy (non-hydrogen) atoms. The van der Waals surface area contributed by atoms with Crippen molar-refractivity contribution in [1.29, 1.82) is 0 Å². The van der Waals surface area contributed by atoms with Gasteiger partial charge in [-0.15, -0.1) is 6.58 Å².